The number of aliphatic hydroxyl groups is 1. The standard InChI is InChI=1S/C13H17F2NO2S/c1-7-4-9(11(15)5-10(7)14)13(18)16-8(2)12(6-17)19-3/h4-5,8,12,17H,6H2,1-3H3,(H,16,18)/t8-,12-/m1/s1. The van der Waals surface area contributed by atoms with Crippen molar-refractivity contribution < 1.29 is 18.7 Å². The third kappa shape index (κ3) is 3.91. The molecule has 0 heterocycles. The Hall–Kier alpha value is -1.14. The number of carbonyl (C=O) groups is 1. The molecule has 0 aliphatic heterocycles. The Morgan fingerprint density at radius 3 is 2.58 bits per heavy atom. The molecule has 1 rings (SSSR count). The van der Waals surface area contributed by atoms with Gasteiger partial charge in [0.15, 0.2) is 0 Å². The zero-order chi connectivity index (χ0) is 14.6. The molecule has 19 heavy (non-hydrogen) atoms. The molecule has 0 fully saturated rings. The molecule has 3 nitrogen and oxygen atoms in total. The lowest BCUT2D eigenvalue weighted by Crippen LogP contribution is -2.41. The summed E-state index contributed by atoms with van der Waals surface area (Å²) in [6, 6.07) is 1.56. The van der Waals surface area contributed by atoms with Crippen molar-refractivity contribution >= 4 is 17.7 Å². The normalized spacial score (nSPS) is 14.0. The van der Waals surface area contributed by atoms with Gasteiger partial charge in [-0.2, -0.15) is 11.8 Å². The molecule has 2 atom stereocenters. The van der Waals surface area contributed by atoms with Crippen LogP contribution in [-0.4, -0.2) is 35.2 Å². The Balaban J connectivity index is 2.87. The lowest BCUT2D eigenvalue weighted by atomic mass is 10.1. The minimum Gasteiger partial charge on any atom is -0.395 e. The predicted molar refractivity (Wildman–Crippen MR) is 72.4 cm³/mol. The quantitative estimate of drug-likeness (QED) is 0.873. The van der Waals surface area contributed by atoms with Crippen LogP contribution < -0.4 is 5.32 Å². The fraction of sp³-hybridized carbons (Fsp3) is 0.462. The molecule has 0 aliphatic carbocycles. The number of aryl methyl sites for hydroxylation is 1. The number of halogens is 2. The minimum absolute atomic E-state index is 0.0897. The Morgan fingerprint density at radius 1 is 1.42 bits per heavy atom. The SMILES string of the molecule is CS[C@H](CO)[C@@H](C)NC(=O)c1cc(C)c(F)cc1F. The number of hydrogen-bond donors (Lipinski definition) is 2. The van der Waals surface area contributed by atoms with Gasteiger partial charge in [-0.25, -0.2) is 8.78 Å². The molecule has 0 radical (unpaired) electrons. The number of thioether (sulfide) groups is 1. The van der Waals surface area contributed by atoms with Crippen LogP contribution >= 0.6 is 11.8 Å². The van der Waals surface area contributed by atoms with Gasteiger partial charge in [0.2, 0.25) is 0 Å². The average Bonchev–Trinajstić information content (AvgIpc) is 2.35. The minimum atomic E-state index is -0.891. The summed E-state index contributed by atoms with van der Waals surface area (Å²) in [6.45, 7) is 3.10. The third-order valence-corrected chi connectivity index (χ3v) is 4.05. The maximum atomic E-state index is 13.5. The van der Waals surface area contributed by atoms with Crippen molar-refractivity contribution in [2.24, 2.45) is 0 Å². The summed E-state index contributed by atoms with van der Waals surface area (Å²) in [6.07, 6.45) is 1.81. The van der Waals surface area contributed by atoms with Gasteiger partial charge in [0.1, 0.15) is 11.6 Å². The van der Waals surface area contributed by atoms with Crippen molar-refractivity contribution in [2.75, 3.05) is 12.9 Å². The van der Waals surface area contributed by atoms with Gasteiger partial charge in [-0.05, 0) is 31.7 Å². The molecular formula is C13H17F2NO2S. The summed E-state index contributed by atoms with van der Waals surface area (Å²) < 4.78 is 26.7. The average molecular weight is 289 g/mol. The molecule has 0 unspecified atom stereocenters. The highest BCUT2D eigenvalue weighted by molar-refractivity contribution is 7.99. The summed E-state index contributed by atoms with van der Waals surface area (Å²) in [5.41, 5.74) is 0.0197. The second kappa shape index (κ2) is 6.86. The zero-order valence-electron chi connectivity index (χ0n) is 11.0. The van der Waals surface area contributed by atoms with Gasteiger partial charge in [0.25, 0.3) is 5.91 Å². The molecule has 106 valence electrons. The van der Waals surface area contributed by atoms with E-state index in [0.29, 0.717) is 6.07 Å². The van der Waals surface area contributed by atoms with Crippen molar-refractivity contribution in [2.45, 2.75) is 25.1 Å². The third-order valence-electron chi connectivity index (χ3n) is 2.89. The second-order valence-electron chi connectivity index (χ2n) is 4.30. The van der Waals surface area contributed by atoms with E-state index in [0.717, 1.165) is 0 Å². The van der Waals surface area contributed by atoms with Gasteiger partial charge in [-0.1, -0.05) is 0 Å². The number of amides is 1. The molecule has 0 saturated heterocycles. The summed E-state index contributed by atoms with van der Waals surface area (Å²) in [7, 11) is 0. The first-order chi connectivity index (χ1) is 8.90. The molecule has 6 heteroatoms. The van der Waals surface area contributed by atoms with Crippen LogP contribution in [0.15, 0.2) is 12.1 Å². The number of benzene rings is 1. The van der Waals surface area contributed by atoms with Gasteiger partial charge in [0, 0.05) is 17.4 Å². The zero-order valence-corrected chi connectivity index (χ0v) is 11.9. The van der Waals surface area contributed by atoms with Crippen LogP contribution in [0.3, 0.4) is 0 Å². The maximum absolute atomic E-state index is 13.5. The molecule has 0 spiro atoms. The van der Waals surface area contributed by atoms with E-state index < -0.39 is 17.5 Å². The van der Waals surface area contributed by atoms with Crippen LogP contribution in [0.5, 0.6) is 0 Å². The summed E-state index contributed by atoms with van der Waals surface area (Å²) in [4.78, 5) is 11.9. The molecule has 1 aromatic rings. The molecule has 1 amide bonds. The van der Waals surface area contributed by atoms with Crippen LogP contribution in [0.25, 0.3) is 0 Å². The number of hydrogen-bond acceptors (Lipinski definition) is 3. The lowest BCUT2D eigenvalue weighted by molar-refractivity contribution is 0.0931. The van der Waals surface area contributed by atoms with E-state index in [-0.39, 0.29) is 29.0 Å². The van der Waals surface area contributed by atoms with E-state index in [1.54, 1.807) is 6.92 Å². The highest BCUT2D eigenvalue weighted by atomic mass is 32.2. The van der Waals surface area contributed by atoms with Crippen molar-refractivity contribution in [3.8, 4) is 0 Å². The van der Waals surface area contributed by atoms with Crippen LogP contribution in [0.2, 0.25) is 0 Å². The molecule has 2 N–H and O–H groups in total. The van der Waals surface area contributed by atoms with E-state index in [4.69, 9.17) is 5.11 Å². The number of nitrogens with one attached hydrogen (secondary N) is 1. The molecular weight excluding hydrogens is 272 g/mol. The van der Waals surface area contributed by atoms with E-state index in [9.17, 15) is 13.6 Å². The predicted octanol–water partition coefficient (Wildman–Crippen LogP) is 2.12. The first kappa shape index (κ1) is 15.9. The Kier molecular flexibility index (Phi) is 5.75. The van der Waals surface area contributed by atoms with E-state index >= 15 is 0 Å². The molecule has 0 saturated carbocycles. The molecule has 1 aromatic carbocycles. The van der Waals surface area contributed by atoms with Crippen molar-refractivity contribution in [1.29, 1.82) is 0 Å². The van der Waals surface area contributed by atoms with Crippen molar-refractivity contribution in [1.82, 2.24) is 5.32 Å². The highest BCUT2D eigenvalue weighted by Gasteiger charge is 2.20. The highest BCUT2D eigenvalue weighted by Crippen LogP contribution is 2.16. The Bertz CT molecular complexity index is 464. The van der Waals surface area contributed by atoms with Gasteiger partial charge >= 0.3 is 0 Å². The van der Waals surface area contributed by atoms with Crippen molar-refractivity contribution in [3.05, 3.63) is 34.9 Å². The van der Waals surface area contributed by atoms with Gasteiger partial charge in [-0.15, -0.1) is 0 Å². The van der Waals surface area contributed by atoms with E-state index in [1.165, 1.54) is 24.8 Å². The van der Waals surface area contributed by atoms with Crippen LogP contribution in [0.4, 0.5) is 8.78 Å². The first-order valence-electron chi connectivity index (χ1n) is 5.80. The first-order valence-corrected chi connectivity index (χ1v) is 7.09. The van der Waals surface area contributed by atoms with E-state index in [1.807, 2.05) is 6.26 Å². The van der Waals surface area contributed by atoms with Crippen molar-refractivity contribution in [3.63, 3.8) is 0 Å². The lowest BCUT2D eigenvalue weighted by Gasteiger charge is -2.21. The fourth-order valence-corrected chi connectivity index (χ4v) is 2.27. The second-order valence-corrected chi connectivity index (χ2v) is 5.38. The number of aliphatic hydroxyl groups excluding tert-OH is 1. The monoisotopic (exact) mass is 289 g/mol. The number of carbonyl (C=O) groups excluding carboxylic acids is 1. The Labute approximate surface area is 115 Å². The summed E-state index contributed by atoms with van der Waals surface area (Å²) in [5, 5.41) is 11.5. The van der Waals surface area contributed by atoms with Gasteiger partial charge < -0.3 is 10.4 Å². The fourth-order valence-electron chi connectivity index (χ4n) is 1.65. The molecule has 0 bridgehead atoms. The Morgan fingerprint density at radius 2 is 2.05 bits per heavy atom. The van der Waals surface area contributed by atoms with Crippen LogP contribution in [0, 0.1) is 18.6 Å². The van der Waals surface area contributed by atoms with Gasteiger partial charge in [-0.3, -0.25) is 4.79 Å². The van der Waals surface area contributed by atoms with Gasteiger partial charge in [0.05, 0.1) is 12.2 Å². The number of rotatable bonds is 5. The smallest absolute Gasteiger partial charge is 0.254 e. The topological polar surface area (TPSA) is 49.3 Å². The largest absolute Gasteiger partial charge is 0.395 e. The molecule has 0 aliphatic rings. The van der Waals surface area contributed by atoms with Crippen LogP contribution in [-0.2, 0) is 0 Å². The summed E-state index contributed by atoms with van der Waals surface area (Å²) in [5.74, 6) is -2.18. The van der Waals surface area contributed by atoms with Crippen LogP contribution in [0.1, 0.15) is 22.8 Å². The molecule has 0 aromatic heterocycles. The maximum Gasteiger partial charge on any atom is 0.254 e. The summed E-state index contributed by atoms with van der Waals surface area (Å²) >= 11 is 1.41. The van der Waals surface area contributed by atoms with E-state index in [2.05, 4.69) is 5.32 Å².